The summed E-state index contributed by atoms with van der Waals surface area (Å²) in [6, 6.07) is 17.5. The molecule has 14 heavy (non-hydrogen) atoms. The van der Waals surface area contributed by atoms with Crippen LogP contribution in [0.4, 0.5) is 0 Å². The minimum absolute atomic E-state index is 0.171. The summed E-state index contributed by atoms with van der Waals surface area (Å²) in [4.78, 5) is 0. The molecule has 0 spiro atoms. The van der Waals surface area contributed by atoms with E-state index in [-0.39, 0.29) is 27.0 Å². The molecule has 0 amide bonds. The number of para-hydroxylation sites is 1. The third-order valence-electron chi connectivity index (χ3n) is 1.78. The molecule has 0 fully saturated rings. The maximum atomic E-state index is 11.5. The Bertz CT molecular complexity index is 412. The molecular formula is C12H9IO. The highest BCUT2D eigenvalue weighted by molar-refractivity contribution is 5.17. The van der Waals surface area contributed by atoms with E-state index in [9.17, 15) is 5.11 Å². The maximum Gasteiger partial charge on any atom is 0.357 e. The average molecular weight is 296 g/mol. The molecule has 0 radical (unpaired) electrons. The van der Waals surface area contributed by atoms with Crippen LogP contribution >= 0.6 is 0 Å². The number of hydrogen-bond donors (Lipinski definition) is 0. The van der Waals surface area contributed by atoms with Gasteiger partial charge in [-0.1, -0.05) is 42.1 Å². The van der Waals surface area contributed by atoms with Crippen LogP contribution in [0.15, 0.2) is 54.6 Å². The van der Waals surface area contributed by atoms with Crippen LogP contribution in [0, 0.1) is 7.14 Å². The number of halogens is 1. The van der Waals surface area contributed by atoms with Crippen LogP contribution in [0.1, 0.15) is 0 Å². The highest BCUT2D eigenvalue weighted by Crippen LogP contribution is 2.00. The van der Waals surface area contributed by atoms with Crippen LogP contribution in [0.25, 0.3) is 0 Å². The number of hydrogen-bond acceptors (Lipinski definition) is 1. The summed E-state index contributed by atoms with van der Waals surface area (Å²) >= 11 is -0.306. The molecule has 2 heteroatoms. The van der Waals surface area contributed by atoms with Crippen LogP contribution in [-0.4, -0.2) is 0 Å². The Morgan fingerprint density at radius 2 is 1.43 bits per heavy atom. The Labute approximate surface area is 93.7 Å². The van der Waals surface area contributed by atoms with Crippen LogP contribution in [-0.2, 0) is 0 Å². The van der Waals surface area contributed by atoms with E-state index in [2.05, 4.69) is 12.1 Å². The Hall–Kier alpha value is -1.03. The second-order valence-electron chi connectivity index (χ2n) is 2.82. The van der Waals surface area contributed by atoms with Crippen LogP contribution in [0.3, 0.4) is 0 Å². The first-order valence-corrected chi connectivity index (χ1v) is 6.48. The van der Waals surface area contributed by atoms with Gasteiger partial charge in [0.1, 0.15) is 0 Å². The molecule has 0 saturated carbocycles. The predicted octanol–water partition coefficient (Wildman–Crippen LogP) is -1.11. The zero-order valence-corrected chi connectivity index (χ0v) is 9.64. The lowest BCUT2D eigenvalue weighted by Crippen LogP contribution is -3.61. The smallest absolute Gasteiger partial charge is 0.357 e. The van der Waals surface area contributed by atoms with Crippen LogP contribution in [0.2, 0.25) is 0 Å². The Morgan fingerprint density at radius 3 is 2.14 bits per heavy atom. The van der Waals surface area contributed by atoms with Gasteiger partial charge in [0.15, 0.2) is 7.14 Å². The lowest BCUT2D eigenvalue weighted by atomic mass is 10.3. The lowest BCUT2D eigenvalue weighted by Gasteiger charge is -2.01. The van der Waals surface area contributed by atoms with E-state index in [0.717, 1.165) is 3.57 Å². The summed E-state index contributed by atoms with van der Waals surface area (Å²) < 4.78 is 2.26. The fraction of sp³-hybridized carbons (Fsp3) is 0. The Kier molecular flexibility index (Phi) is 3.03. The van der Waals surface area contributed by atoms with E-state index in [1.165, 1.54) is 3.57 Å². The van der Waals surface area contributed by atoms with Crippen molar-refractivity contribution in [3.63, 3.8) is 0 Å². The molecular weight excluding hydrogens is 287 g/mol. The molecule has 0 bridgehead atoms. The predicted molar refractivity (Wildman–Crippen MR) is 49.7 cm³/mol. The molecule has 0 aliphatic carbocycles. The van der Waals surface area contributed by atoms with E-state index in [1.54, 1.807) is 12.1 Å². The van der Waals surface area contributed by atoms with Gasteiger partial charge in [0.2, 0.25) is 0 Å². The fourth-order valence-corrected chi connectivity index (χ4v) is 3.40. The van der Waals surface area contributed by atoms with Gasteiger partial charge in [-0.2, -0.15) is 0 Å². The van der Waals surface area contributed by atoms with Gasteiger partial charge in [0.05, 0.1) is 0 Å². The van der Waals surface area contributed by atoms with Crippen molar-refractivity contribution in [2.45, 2.75) is 0 Å². The Morgan fingerprint density at radius 1 is 0.786 bits per heavy atom. The summed E-state index contributed by atoms with van der Waals surface area (Å²) in [5.41, 5.74) is 0. The summed E-state index contributed by atoms with van der Waals surface area (Å²) in [5, 5.41) is 11.5. The van der Waals surface area contributed by atoms with Crippen LogP contribution < -0.4 is 26.3 Å². The quantitative estimate of drug-likeness (QED) is 0.645. The van der Waals surface area contributed by atoms with Crippen molar-refractivity contribution in [1.29, 1.82) is 0 Å². The van der Waals surface area contributed by atoms with Crippen LogP contribution in [0.5, 0.6) is 5.75 Å². The van der Waals surface area contributed by atoms with E-state index in [4.69, 9.17) is 0 Å². The average Bonchev–Trinajstić information content (AvgIpc) is 2.23. The number of benzene rings is 2. The highest BCUT2D eigenvalue weighted by atomic mass is 127. The molecule has 0 aliphatic rings. The van der Waals surface area contributed by atoms with Gasteiger partial charge in [-0.3, -0.25) is 0 Å². The van der Waals surface area contributed by atoms with Gasteiger partial charge in [-0.05, 0) is 18.2 Å². The second kappa shape index (κ2) is 4.46. The third kappa shape index (κ3) is 2.26. The van der Waals surface area contributed by atoms with Gasteiger partial charge >= 0.3 is 21.2 Å². The highest BCUT2D eigenvalue weighted by Gasteiger charge is 2.14. The normalized spacial score (nSPS) is 10.0. The molecule has 0 heterocycles. The first-order chi connectivity index (χ1) is 6.86. The van der Waals surface area contributed by atoms with Crippen molar-refractivity contribution in [3.05, 3.63) is 61.7 Å². The largest absolute Gasteiger partial charge is 0.869 e. The molecule has 2 aromatic carbocycles. The van der Waals surface area contributed by atoms with Crippen molar-refractivity contribution in [2.24, 2.45) is 0 Å². The molecule has 2 aromatic rings. The fourth-order valence-electron chi connectivity index (χ4n) is 1.12. The Balaban J connectivity index is 2.24. The molecule has 0 aromatic heterocycles. The van der Waals surface area contributed by atoms with Gasteiger partial charge in [0, 0.05) is 0 Å². The maximum absolute atomic E-state index is 11.5. The van der Waals surface area contributed by atoms with E-state index < -0.39 is 0 Å². The zero-order valence-electron chi connectivity index (χ0n) is 7.48. The van der Waals surface area contributed by atoms with Gasteiger partial charge in [-0.15, -0.1) is 0 Å². The molecule has 1 nitrogen and oxygen atoms in total. The summed E-state index contributed by atoms with van der Waals surface area (Å²) in [7, 11) is 0. The molecule has 0 unspecified atom stereocenters. The van der Waals surface area contributed by atoms with Crippen molar-refractivity contribution >= 4 is 0 Å². The molecule has 0 atom stereocenters. The van der Waals surface area contributed by atoms with Crippen molar-refractivity contribution in [1.82, 2.24) is 0 Å². The monoisotopic (exact) mass is 296 g/mol. The van der Waals surface area contributed by atoms with Gasteiger partial charge in [0.25, 0.3) is 0 Å². The molecule has 0 aliphatic heterocycles. The second-order valence-corrected chi connectivity index (χ2v) is 5.77. The summed E-state index contributed by atoms with van der Waals surface area (Å²) in [6.07, 6.45) is 0. The number of rotatable bonds is 2. The topological polar surface area (TPSA) is 23.1 Å². The lowest BCUT2D eigenvalue weighted by molar-refractivity contribution is -0.603. The van der Waals surface area contributed by atoms with E-state index in [1.807, 2.05) is 30.3 Å². The standard InChI is InChI=1S/C12H9IO/c14-12-9-5-4-8-11(12)13-10-6-2-1-3-7-10/h1-9H. The van der Waals surface area contributed by atoms with E-state index >= 15 is 0 Å². The van der Waals surface area contributed by atoms with E-state index in [0.29, 0.717) is 0 Å². The zero-order chi connectivity index (χ0) is 9.80. The third-order valence-corrected chi connectivity index (χ3v) is 4.59. The molecule has 2 rings (SSSR count). The molecule has 0 saturated heterocycles. The van der Waals surface area contributed by atoms with Gasteiger partial charge < -0.3 is 5.11 Å². The summed E-state index contributed by atoms with van der Waals surface area (Å²) in [6.45, 7) is 0. The summed E-state index contributed by atoms with van der Waals surface area (Å²) in [5.74, 6) is 0.171. The molecule has 70 valence electrons. The minimum Gasteiger partial charge on any atom is -0.869 e. The SMILES string of the molecule is [O-]c1ccccc1[I+]c1ccccc1. The van der Waals surface area contributed by atoms with Crippen molar-refractivity contribution in [2.75, 3.05) is 0 Å². The molecule has 0 N–H and O–H groups in total. The van der Waals surface area contributed by atoms with Crippen molar-refractivity contribution in [3.8, 4) is 5.75 Å². The van der Waals surface area contributed by atoms with Crippen molar-refractivity contribution < 1.29 is 26.3 Å². The first kappa shape index (κ1) is 9.52. The van der Waals surface area contributed by atoms with Gasteiger partial charge in [-0.25, -0.2) is 0 Å². The first-order valence-electron chi connectivity index (χ1n) is 4.32. The minimum atomic E-state index is -0.306.